The van der Waals surface area contributed by atoms with Crippen LogP contribution < -0.4 is 0 Å². The molecule has 0 radical (unpaired) electrons. The van der Waals surface area contributed by atoms with Gasteiger partial charge in [0.1, 0.15) is 0 Å². The highest BCUT2D eigenvalue weighted by Crippen LogP contribution is 2.25. The quantitative estimate of drug-likeness (QED) is 0.380. The lowest BCUT2D eigenvalue weighted by Crippen LogP contribution is -2.35. The van der Waals surface area contributed by atoms with E-state index in [9.17, 15) is 18.0 Å². The van der Waals surface area contributed by atoms with Gasteiger partial charge in [-0.3, -0.25) is 4.79 Å². The Balaban J connectivity index is 1.44. The van der Waals surface area contributed by atoms with Crippen LogP contribution in [-0.2, 0) is 27.7 Å². The number of Topliss-reactive ketones (excluding diaryl/α,β-unsaturated/α-hetero) is 1. The topological polar surface area (TPSA) is 80.8 Å². The molecule has 3 aromatic rings. The summed E-state index contributed by atoms with van der Waals surface area (Å²) in [5.41, 5.74) is 2.64. The normalized spacial score (nSPS) is 14.8. The third-order valence-corrected chi connectivity index (χ3v) is 7.68. The Morgan fingerprint density at radius 1 is 0.939 bits per heavy atom. The van der Waals surface area contributed by atoms with Gasteiger partial charge in [-0.2, -0.15) is 4.31 Å². The number of nitrogens with zero attached hydrogens (tertiary/aromatic N) is 1. The molecule has 0 spiro atoms. The van der Waals surface area contributed by atoms with E-state index >= 15 is 0 Å². The van der Waals surface area contributed by atoms with E-state index in [1.54, 1.807) is 18.2 Å². The predicted molar refractivity (Wildman–Crippen MR) is 125 cm³/mol. The molecule has 0 amide bonds. The summed E-state index contributed by atoms with van der Waals surface area (Å²) in [6.07, 6.45) is -0.369. The monoisotopic (exact) mass is 483 g/mol. The highest BCUT2D eigenvalue weighted by atomic mass is 35.5. The lowest BCUT2D eigenvalue weighted by molar-refractivity contribution is 0.0318. The second-order valence-corrected chi connectivity index (χ2v) is 10.2. The first kappa shape index (κ1) is 23.2. The van der Waals surface area contributed by atoms with Crippen molar-refractivity contribution in [3.63, 3.8) is 0 Å². The number of fused-ring (bicyclic) bond motifs is 1. The smallest absolute Gasteiger partial charge is 0.338 e. The standard InChI is InChI=1S/C25H22ClNO5S/c1-17(24(28)20-7-4-8-22(26)15-20)32-25(29)19-9-11-23(12-10-19)33(30,31)27-14-13-18-5-2-3-6-21(18)16-27/h2-12,15,17H,13-14,16H2,1H3. The van der Waals surface area contributed by atoms with Crippen LogP contribution in [0.5, 0.6) is 0 Å². The molecule has 0 aromatic heterocycles. The molecule has 0 aliphatic carbocycles. The molecular weight excluding hydrogens is 462 g/mol. The van der Waals surface area contributed by atoms with Crippen LogP contribution in [0.2, 0.25) is 5.02 Å². The van der Waals surface area contributed by atoms with Crippen LogP contribution in [0.15, 0.2) is 77.7 Å². The van der Waals surface area contributed by atoms with Crippen molar-refractivity contribution in [1.82, 2.24) is 4.31 Å². The summed E-state index contributed by atoms with van der Waals surface area (Å²) in [4.78, 5) is 25.1. The van der Waals surface area contributed by atoms with Crippen LogP contribution in [0.3, 0.4) is 0 Å². The van der Waals surface area contributed by atoms with Crippen LogP contribution in [0.4, 0.5) is 0 Å². The van der Waals surface area contributed by atoms with Gasteiger partial charge in [-0.05, 0) is 60.9 Å². The molecule has 0 saturated carbocycles. The number of carbonyl (C=O) groups excluding carboxylic acids is 2. The van der Waals surface area contributed by atoms with Crippen molar-refractivity contribution in [1.29, 1.82) is 0 Å². The molecule has 1 atom stereocenters. The number of hydrogen-bond donors (Lipinski definition) is 0. The van der Waals surface area contributed by atoms with Crippen LogP contribution in [0.1, 0.15) is 38.8 Å². The van der Waals surface area contributed by atoms with Gasteiger partial charge in [-0.25, -0.2) is 13.2 Å². The molecule has 8 heteroatoms. The van der Waals surface area contributed by atoms with Crippen molar-refractivity contribution in [2.24, 2.45) is 0 Å². The van der Waals surface area contributed by atoms with Gasteiger partial charge < -0.3 is 4.74 Å². The summed E-state index contributed by atoms with van der Waals surface area (Å²) in [6, 6.07) is 19.7. The molecule has 4 rings (SSSR count). The van der Waals surface area contributed by atoms with Crippen molar-refractivity contribution in [2.45, 2.75) is 30.9 Å². The SMILES string of the molecule is CC(OC(=O)c1ccc(S(=O)(=O)N2CCc3ccccc3C2)cc1)C(=O)c1cccc(Cl)c1. The Morgan fingerprint density at radius 3 is 2.33 bits per heavy atom. The molecule has 3 aromatic carbocycles. The maximum absolute atomic E-state index is 13.1. The first-order valence-corrected chi connectivity index (χ1v) is 12.3. The van der Waals surface area contributed by atoms with E-state index in [0.717, 1.165) is 11.1 Å². The summed E-state index contributed by atoms with van der Waals surface area (Å²) in [7, 11) is -3.71. The van der Waals surface area contributed by atoms with Crippen LogP contribution >= 0.6 is 11.6 Å². The third kappa shape index (κ3) is 5.00. The highest BCUT2D eigenvalue weighted by molar-refractivity contribution is 7.89. The van der Waals surface area contributed by atoms with Crippen molar-refractivity contribution >= 4 is 33.4 Å². The lowest BCUT2D eigenvalue weighted by atomic mass is 10.0. The molecule has 0 saturated heterocycles. The maximum atomic E-state index is 13.1. The van der Waals surface area contributed by atoms with Crippen molar-refractivity contribution < 1.29 is 22.7 Å². The minimum absolute atomic E-state index is 0.0986. The number of hydrogen-bond acceptors (Lipinski definition) is 5. The van der Waals surface area contributed by atoms with Crippen molar-refractivity contribution in [3.05, 3.63) is 100 Å². The first-order chi connectivity index (χ1) is 15.8. The lowest BCUT2D eigenvalue weighted by Gasteiger charge is -2.28. The maximum Gasteiger partial charge on any atom is 0.338 e. The Morgan fingerprint density at radius 2 is 1.64 bits per heavy atom. The average molecular weight is 484 g/mol. The van der Waals surface area contributed by atoms with Gasteiger partial charge in [0.15, 0.2) is 6.10 Å². The van der Waals surface area contributed by atoms with Gasteiger partial charge >= 0.3 is 5.97 Å². The fraction of sp³-hybridized carbons (Fsp3) is 0.200. The molecule has 1 unspecified atom stereocenters. The molecule has 33 heavy (non-hydrogen) atoms. The Labute approximate surface area is 197 Å². The number of rotatable bonds is 6. The molecule has 0 bridgehead atoms. The largest absolute Gasteiger partial charge is 0.451 e. The van der Waals surface area contributed by atoms with Gasteiger partial charge in [0.05, 0.1) is 10.5 Å². The Hall–Kier alpha value is -3.00. The molecule has 1 heterocycles. The number of esters is 1. The number of halogens is 1. The summed E-state index contributed by atoms with van der Waals surface area (Å²) in [6.45, 7) is 2.19. The molecule has 0 fully saturated rings. The van der Waals surface area contributed by atoms with Gasteiger partial charge in [0, 0.05) is 23.7 Å². The van der Waals surface area contributed by atoms with Gasteiger partial charge in [-0.15, -0.1) is 0 Å². The number of benzene rings is 3. The number of ether oxygens (including phenoxy) is 1. The van der Waals surface area contributed by atoms with E-state index in [2.05, 4.69) is 0 Å². The van der Waals surface area contributed by atoms with Crippen LogP contribution in [0.25, 0.3) is 0 Å². The molecule has 170 valence electrons. The summed E-state index contributed by atoms with van der Waals surface area (Å²) >= 11 is 5.92. The number of carbonyl (C=O) groups is 2. The molecular formula is C25H22ClNO5S. The Bertz CT molecular complexity index is 1300. The summed E-state index contributed by atoms with van der Waals surface area (Å²) in [5, 5.41) is 0.411. The third-order valence-electron chi connectivity index (χ3n) is 5.59. The zero-order valence-electron chi connectivity index (χ0n) is 17.9. The van der Waals surface area contributed by atoms with Gasteiger partial charge in [0.2, 0.25) is 15.8 Å². The minimum atomic E-state index is -3.71. The van der Waals surface area contributed by atoms with E-state index in [1.807, 2.05) is 24.3 Å². The summed E-state index contributed by atoms with van der Waals surface area (Å²) < 4.78 is 32.9. The minimum Gasteiger partial charge on any atom is -0.451 e. The van der Waals surface area contributed by atoms with Crippen molar-refractivity contribution in [3.8, 4) is 0 Å². The predicted octanol–water partition coefficient (Wildman–Crippen LogP) is 4.52. The summed E-state index contributed by atoms with van der Waals surface area (Å²) in [5.74, 6) is -1.09. The highest BCUT2D eigenvalue weighted by Gasteiger charge is 2.28. The zero-order valence-corrected chi connectivity index (χ0v) is 19.5. The molecule has 0 N–H and O–H groups in total. The van der Waals surface area contributed by atoms with E-state index in [1.165, 1.54) is 41.6 Å². The second-order valence-electron chi connectivity index (χ2n) is 7.80. The van der Waals surface area contributed by atoms with Gasteiger partial charge in [0.25, 0.3) is 0 Å². The second kappa shape index (κ2) is 9.47. The van der Waals surface area contributed by atoms with E-state index in [4.69, 9.17) is 16.3 Å². The van der Waals surface area contributed by atoms with E-state index < -0.39 is 22.1 Å². The fourth-order valence-corrected chi connectivity index (χ4v) is 5.35. The van der Waals surface area contributed by atoms with E-state index in [0.29, 0.717) is 30.1 Å². The van der Waals surface area contributed by atoms with Crippen molar-refractivity contribution in [2.75, 3.05) is 6.54 Å². The fourth-order valence-electron chi connectivity index (χ4n) is 3.75. The zero-order chi connectivity index (χ0) is 23.6. The average Bonchev–Trinajstić information content (AvgIpc) is 2.83. The van der Waals surface area contributed by atoms with Gasteiger partial charge in [-0.1, -0.05) is 48.0 Å². The van der Waals surface area contributed by atoms with Crippen LogP contribution in [-0.4, -0.2) is 37.1 Å². The Kier molecular flexibility index (Phi) is 6.65. The number of sulfonamides is 1. The van der Waals surface area contributed by atoms with E-state index in [-0.39, 0.29) is 16.2 Å². The van der Waals surface area contributed by atoms with Crippen LogP contribution in [0, 0.1) is 0 Å². The molecule has 1 aliphatic heterocycles. The molecule has 6 nitrogen and oxygen atoms in total. The first-order valence-electron chi connectivity index (χ1n) is 10.4. The molecule has 1 aliphatic rings. The number of ketones is 1.